The molecule has 96 valence electrons. The molecule has 4 atom stereocenters. The molecule has 0 radical (unpaired) electrons. The van der Waals surface area contributed by atoms with E-state index >= 15 is 0 Å². The molecule has 2 aliphatic rings. The first-order valence-corrected chi connectivity index (χ1v) is 6.29. The summed E-state index contributed by atoms with van der Waals surface area (Å²) in [6.45, 7) is 5.08. The molecule has 0 spiro atoms. The summed E-state index contributed by atoms with van der Waals surface area (Å²) in [7, 11) is 0. The van der Waals surface area contributed by atoms with Crippen molar-refractivity contribution >= 4 is 11.8 Å². The lowest BCUT2D eigenvalue weighted by Crippen LogP contribution is -2.66. The van der Waals surface area contributed by atoms with Gasteiger partial charge < -0.3 is 15.3 Å². The molecule has 4 unspecified atom stereocenters. The molecule has 0 aromatic rings. The van der Waals surface area contributed by atoms with Gasteiger partial charge >= 0.3 is 0 Å². The largest absolute Gasteiger partial charge is 0.393 e. The zero-order valence-electron chi connectivity index (χ0n) is 10.3. The van der Waals surface area contributed by atoms with Crippen LogP contribution in [0.3, 0.4) is 0 Å². The van der Waals surface area contributed by atoms with E-state index in [1.807, 2.05) is 11.8 Å². The van der Waals surface area contributed by atoms with Crippen LogP contribution in [0.5, 0.6) is 0 Å². The molecular weight excluding hydrogens is 220 g/mol. The van der Waals surface area contributed by atoms with Crippen LogP contribution in [-0.2, 0) is 9.59 Å². The van der Waals surface area contributed by atoms with Crippen molar-refractivity contribution in [2.75, 3.05) is 13.1 Å². The number of amides is 2. The number of likely N-dealkylation sites (tertiary alicyclic amines) is 1. The molecule has 2 N–H and O–H groups in total. The molecule has 5 nitrogen and oxygen atoms in total. The van der Waals surface area contributed by atoms with Crippen LogP contribution in [-0.4, -0.2) is 47.1 Å². The predicted molar refractivity (Wildman–Crippen MR) is 62.1 cm³/mol. The third kappa shape index (κ3) is 2.16. The van der Waals surface area contributed by atoms with E-state index in [2.05, 4.69) is 5.32 Å². The lowest BCUT2D eigenvalue weighted by molar-refractivity contribution is -0.148. The van der Waals surface area contributed by atoms with E-state index in [0.29, 0.717) is 0 Å². The predicted octanol–water partition coefficient (Wildman–Crippen LogP) is -0.260. The Morgan fingerprint density at radius 2 is 2.00 bits per heavy atom. The van der Waals surface area contributed by atoms with E-state index in [-0.39, 0.29) is 23.8 Å². The fraction of sp³-hybridized carbons (Fsp3) is 0.833. The van der Waals surface area contributed by atoms with Gasteiger partial charge in [0.05, 0.1) is 24.0 Å². The molecule has 2 rings (SSSR count). The molecular formula is C12H20N2O3. The number of carbonyl (C=O) groups is 2. The highest BCUT2D eigenvalue weighted by Gasteiger charge is 2.47. The molecule has 0 aliphatic carbocycles. The Morgan fingerprint density at radius 3 is 2.47 bits per heavy atom. The first-order valence-electron chi connectivity index (χ1n) is 6.29. The summed E-state index contributed by atoms with van der Waals surface area (Å²) in [4.78, 5) is 25.3. The molecule has 0 aromatic carbocycles. The molecule has 2 fully saturated rings. The Hall–Kier alpha value is -1.10. The minimum Gasteiger partial charge on any atom is -0.393 e. The molecule has 17 heavy (non-hydrogen) atoms. The van der Waals surface area contributed by atoms with Gasteiger partial charge in [-0.3, -0.25) is 9.59 Å². The lowest BCUT2D eigenvalue weighted by atomic mass is 9.78. The van der Waals surface area contributed by atoms with E-state index in [9.17, 15) is 14.7 Å². The molecule has 2 amide bonds. The van der Waals surface area contributed by atoms with Crippen molar-refractivity contribution in [2.45, 2.75) is 38.8 Å². The topological polar surface area (TPSA) is 69.6 Å². The third-order valence-electron chi connectivity index (χ3n) is 3.86. The van der Waals surface area contributed by atoms with E-state index < -0.39 is 12.0 Å². The van der Waals surface area contributed by atoms with Crippen molar-refractivity contribution in [3.63, 3.8) is 0 Å². The highest BCUT2D eigenvalue weighted by molar-refractivity contribution is 5.90. The smallest absolute Gasteiger partial charge is 0.228 e. The third-order valence-corrected chi connectivity index (χ3v) is 3.86. The van der Waals surface area contributed by atoms with Gasteiger partial charge in [0.15, 0.2) is 0 Å². The molecule has 2 aliphatic heterocycles. The van der Waals surface area contributed by atoms with Crippen molar-refractivity contribution in [3.05, 3.63) is 0 Å². The van der Waals surface area contributed by atoms with Gasteiger partial charge in [0.25, 0.3) is 0 Å². The van der Waals surface area contributed by atoms with E-state index in [1.54, 1.807) is 6.92 Å². The summed E-state index contributed by atoms with van der Waals surface area (Å²) in [5.41, 5.74) is 0. The van der Waals surface area contributed by atoms with Crippen LogP contribution in [0.25, 0.3) is 0 Å². The summed E-state index contributed by atoms with van der Waals surface area (Å²) >= 11 is 0. The maximum Gasteiger partial charge on any atom is 0.228 e. The fourth-order valence-electron chi connectivity index (χ4n) is 2.75. The average molecular weight is 240 g/mol. The SMILES string of the molecule is CC(O)C1C(=O)NC1C(C)C(=O)N1CCCC1. The highest BCUT2D eigenvalue weighted by atomic mass is 16.3. The van der Waals surface area contributed by atoms with Crippen molar-refractivity contribution < 1.29 is 14.7 Å². The average Bonchev–Trinajstić information content (AvgIpc) is 2.76. The van der Waals surface area contributed by atoms with Crippen molar-refractivity contribution in [3.8, 4) is 0 Å². The second-order valence-electron chi connectivity index (χ2n) is 5.12. The Morgan fingerprint density at radius 1 is 1.41 bits per heavy atom. The van der Waals surface area contributed by atoms with Crippen LogP contribution in [0.2, 0.25) is 0 Å². The summed E-state index contributed by atoms with van der Waals surface area (Å²) in [6.07, 6.45) is 1.44. The minimum absolute atomic E-state index is 0.0955. The van der Waals surface area contributed by atoms with E-state index in [1.165, 1.54) is 0 Å². The Balaban J connectivity index is 1.97. The monoisotopic (exact) mass is 240 g/mol. The fourth-order valence-corrected chi connectivity index (χ4v) is 2.75. The first kappa shape index (κ1) is 12.4. The summed E-state index contributed by atoms with van der Waals surface area (Å²) in [6, 6.07) is -0.212. The molecule has 0 aromatic heterocycles. The van der Waals surface area contributed by atoms with Gasteiger partial charge in [-0.2, -0.15) is 0 Å². The van der Waals surface area contributed by atoms with Gasteiger partial charge in [-0.25, -0.2) is 0 Å². The highest BCUT2D eigenvalue weighted by Crippen LogP contribution is 2.27. The number of aliphatic hydroxyl groups is 1. The Labute approximate surface area is 101 Å². The van der Waals surface area contributed by atoms with Gasteiger partial charge in [0.2, 0.25) is 11.8 Å². The zero-order chi connectivity index (χ0) is 12.6. The summed E-state index contributed by atoms with van der Waals surface area (Å²) in [5, 5.41) is 12.3. The second kappa shape index (κ2) is 4.64. The van der Waals surface area contributed by atoms with Crippen molar-refractivity contribution in [1.82, 2.24) is 10.2 Å². The Kier molecular flexibility index (Phi) is 3.38. The van der Waals surface area contributed by atoms with Crippen LogP contribution >= 0.6 is 0 Å². The maximum absolute atomic E-state index is 12.1. The number of carbonyl (C=O) groups excluding carboxylic acids is 2. The van der Waals surface area contributed by atoms with Crippen LogP contribution in [0.4, 0.5) is 0 Å². The zero-order valence-corrected chi connectivity index (χ0v) is 10.3. The lowest BCUT2D eigenvalue weighted by Gasteiger charge is -2.42. The van der Waals surface area contributed by atoms with Crippen LogP contribution in [0.15, 0.2) is 0 Å². The van der Waals surface area contributed by atoms with Crippen LogP contribution in [0, 0.1) is 11.8 Å². The van der Waals surface area contributed by atoms with Crippen LogP contribution in [0.1, 0.15) is 26.7 Å². The number of aliphatic hydroxyl groups excluding tert-OH is 1. The van der Waals surface area contributed by atoms with Crippen LogP contribution < -0.4 is 5.32 Å². The number of nitrogens with zero attached hydrogens (tertiary/aromatic N) is 1. The number of nitrogens with one attached hydrogen (secondary N) is 1. The molecule has 2 heterocycles. The molecule has 0 bridgehead atoms. The van der Waals surface area contributed by atoms with Gasteiger partial charge in [0, 0.05) is 13.1 Å². The second-order valence-corrected chi connectivity index (χ2v) is 5.12. The first-order chi connectivity index (χ1) is 8.02. The molecule has 5 heteroatoms. The van der Waals surface area contributed by atoms with Gasteiger partial charge in [-0.15, -0.1) is 0 Å². The van der Waals surface area contributed by atoms with Gasteiger partial charge in [-0.1, -0.05) is 6.92 Å². The quantitative estimate of drug-likeness (QED) is 0.668. The van der Waals surface area contributed by atoms with Gasteiger partial charge in [0.1, 0.15) is 0 Å². The van der Waals surface area contributed by atoms with Crippen molar-refractivity contribution in [1.29, 1.82) is 0 Å². The number of hydrogen-bond donors (Lipinski definition) is 2. The Bertz CT molecular complexity index is 324. The molecule has 0 saturated carbocycles. The normalized spacial score (nSPS) is 31.7. The minimum atomic E-state index is -0.692. The standard InChI is InChI=1S/C12H20N2O3/c1-7(12(17)14-5-3-4-6-14)10-9(8(2)15)11(16)13-10/h7-10,15H,3-6H2,1-2H3,(H,13,16). The number of hydrogen-bond acceptors (Lipinski definition) is 3. The maximum atomic E-state index is 12.1. The number of β-lactam (4-membered cyclic amide) rings is 1. The van der Waals surface area contributed by atoms with E-state index in [0.717, 1.165) is 25.9 Å². The summed E-state index contributed by atoms with van der Waals surface area (Å²) < 4.78 is 0. The summed E-state index contributed by atoms with van der Waals surface area (Å²) in [5.74, 6) is -0.730. The van der Waals surface area contributed by atoms with Gasteiger partial charge in [-0.05, 0) is 19.8 Å². The van der Waals surface area contributed by atoms with Crippen molar-refractivity contribution in [2.24, 2.45) is 11.8 Å². The van der Waals surface area contributed by atoms with E-state index in [4.69, 9.17) is 0 Å². The molecule has 2 saturated heterocycles. The number of rotatable bonds is 3.